The Morgan fingerprint density at radius 1 is 1.00 bits per heavy atom. The fourth-order valence-electron chi connectivity index (χ4n) is 2.37. The van der Waals surface area contributed by atoms with Crippen LogP contribution in [0.1, 0.15) is 25.0 Å². The van der Waals surface area contributed by atoms with E-state index in [1.807, 2.05) is 18.2 Å². The summed E-state index contributed by atoms with van der Waals surface area (Å²) in [5.74, 6) is -0.592. The van der Waals surface area contributed by atoms with Gasteiger partial charge in [0.25, 0.3) is 0 Å². The molecule has 0 bridgehead atoms. The molecular weight excluding hydrogens is 372 g/mol. The monoisotopic (exact) mass is 396 g/mol. The normalized spacial score (nSPS) is 13.3. The van der Waals surface area contributed by atoms with E-state index >= 15 is 0 Å². The third-order valence-corrected chi connectivity index (χ3v) is 5.56. The molecule has 0 aromatic heterocycles. The van der Waals surface area contributed by atoms with Crippen LogP contribution >= 0.6 is 12.4 Å². The lowest BCUT2D eigenvalue weighted by atomic mass is 10.0. The first-order valence-corrected chi connectivity index (χ1v) is 9.99. The zero-order chi connectivity index (χ0) is 18.4. The number of anilines is 1. The van der Waals surface area contributed by atoms with Crippen molar-refractivity contribution in [3.63, 3.8) is 0 Å². The number of benzene rings is 2. The number of carbonyl (C=O) groups is 1. The molecule has 0 aliphatic heterocycles. The van der Waals surface area contributed by atoms with Crippen molar-refractivity contribution >= 4 is 33.8 Å². The fourth-order valence-corrected chi connectivity index (χ4v) is 3.86. The predicted octanol–water partition coefficient (Wildman–Crippen LogP) is 3.15. The van der Waals surface area contributed by atoms with Gasteiger partial charge in [-0.15, -0.1) is 12.4 Å². The van der Waals surface area contributed by atoms with Crippen molar-refractivity contribution in [3.8, 4) is 0 Å². The molecule has 0 fully saturated rings. The Hall–Kier alpha value is -1.89. The van der Waals surface area contributed by atoms with Gasteiger partial charge in [-0.25, -0.2) is 8.42 Å². The predicted molar refractivity (Wildman–Crippen MR) is 108 cm³/mol. The molecule has 2 rings (SSSR count). The molecular formula is C19H25ClN2O3S. The van der Waals surface area contributed by atoms with E-state index in [9.17, 15) is 13.2 Å². The maximum Gasteiger partial charge on any atom is 0.228 e. The fraction of sp³-hybridized carbons (Fsp3) is 0.316. The molecule has 0 spiro atoms. The summed E-state index contributed by atoms with van der Waals surface area (Å²) in [5.41, 5.74) is 7.71. The van der Waals surface area contributed by atoms with Crippen LogP contribution in [-0.2, 0) is 26.1 Å². The molecule has 5 nitrogen and oxygen atoms in total. The van der Waals surface area contributed by atoms with E-state index in [-0.39, 0.29) is 41.8 Å². The highest BCUT2D eigenvalue weighted by Crippen LogP contribution is 2.17. The first-order valence-electron chi connectivity index (χ1n) is 8.16. The van der Waals surface area contributed by atoms with Crippen molar-refractivity contribution in [1.29, 1.82) is 0 Å². The second-order valence-corrected chi connectivity index (χ2v) is 8.42. The summed E-state index contributed by atoms with van der Waals surface area (Å²) < 4.78 is 24.8. The number of sulfone groups is 1. The highest BCUT2D eigenvalue weighted by Gasteiger charge is 2.18. The molecule has 7 heteroatoms. The Bertz CT molecular complexity index is 824. The van der Waals surface area contributed by atoms with Crippen LogP contribution in [0.25, 0.3) is 0 Å². The van der Waals surface area contributed by atoms with Crippen LogP contribution in [-0.4, -0.2) is 20.4 Å². The maximum absolute atomic E-state index is 12.4. The number of carbonyl (C=O) groups excluding carboxylic acids is 1. The number of hydrogen-bond acceptors (Lipinski definition) is 4. The number of hydrogen-bond donors (Lipinski definition) is 2. The van der Waals surface area contributed by atoms with Crippen molar-refractivity contribution < 1.29 is 13.2 Å². The summed E-state index contributed by atoms with van der Waals surface area (Å²) in [5, 5.41) is 2.79. The third kappa shape index (κ3) is 6.78. The highest BCUT2D eigenvalue weighted by atomic mass is 35.5. The molecule has 3 N–H and O–H groups in total. The average molecular weight is 397 g/mol. The van der Waals surface area contributed by atoms with Gasteiger partial charge in [0.05, 0.1) is 17.4 Å². The first kappa shape index (κ1) is 22.2. The highest BCUT2D eigenvalue weighted by molar-refractivity contribution is 7.89. The van der Waals surface area contributed by atoms with E-state index in [0.29, 0.717) is 11.3 Å². The van der Waals surface area contributed by atoms with E-state index < -0.39 is 9.84 Å². The van der Waals surface area contributed by atoms with E-state index in [1.165, 1.54) is 0 Å². The Labute approximate surface area is 161 Å². The summed E-state index contributed by atoms with van der Waals surface area (Å²) >= 11 is 0. The molecule has 26 heavy (non-hydrogen) atoms. The van der Waals surface area contributed by atoms with Gasteiger partial charge in [0, 0.05) is 11.7 Å². The molecule has 1 amide bonds. The molecule has 2 unspecified atom stereocenters. The molecule has 142 valence electrons. The number of rotatable bonds is 7. The summed E-state index contributed by atoms with van der Waals surface area (Å²) in [6, 6.07) is 15.7. The molecule has 0 aliphatic carbocycles. The van der Waals surface area contributed by atoms with Crippen molar-refractivity contribution in [3.05, 3.63) is 65.7 Å². The maximum atomic E-state index is 12.4. The van der Waals surface area contributed by atoms with E-state index in [4.69, 9.17) is 5.73 Å². The summed E-state index contributed by atoms with van der Waals surface area (Å²) in [6.45, 7) is 3.53. The number of nitrogens with two attached hydrogens (primary N) is 1. The van der Waals surface area contributed by atoms with E-state index in [1.54, 1.807) is 50.2 Å². The van der Waals surface area contributed by atoms with Crippen LogP contribution in [0.15, 0.2) is 54.6 Å². The van der Waals surface area contributed by atoms with E-state index in [2.05, 4.69) is 5.32 Å². The third-order valence-electron chi connectivity index (χ3n) is 4.01. The Balaban J connectivity index is 0.00000338. The lowest BCUT2D eigenvalue weighted by Crippen LogP contribution is -2.34. The zero-order valence-electron chi connectivity index (χ0n) is 14.9. The van der Waals surface area contributed by atoms with Gasteiger partial charge in [-0.3, -0.25) is 4.79 Å². The van der Waals surface area contributed by atoms with Gasteiger partial charge in [-0.2, -0.15) is 0 Å². The standard InChI is InChI=1S/C19H24N2O3S.ClH/c1-14(15(2)20)19(22)21-18-10-6-9-17(11-18)13-25(23,24)12-16-7-4-3-5-8-16;/h3-11,14-15H,12-13,20H2,1-2H3,(H,21,22);1H. The Morgan fingerprint density at radius 2 is 1.58 bits per heavy atom. The topological polar surface area (TPSA) is 89.3 Å². The van der Waals surface area contributed by atoms with E-state index in [0.717, 1.165) is 5.56 Å². The van der Waals surface area contributed by atoms with Gasteiger partial charge >= 0.3 is 0 Å². The SMILES string of the molecule is CC(N)C(C)C(=O)Nc1cccc(CS(=O)(=O)Cc2ccccc2)c1.Cl. The molecule has 0 saturated carbocycles. The van der Waals surface area contributed by atoms with Crippen LogP contribution < -0.4 is 11.1 Å². The van der Waals surface area contributed by atoms with Crippen molar-refractivity contribution in [2.24, 2.45) is 11.7 Å². The quantitative estimate of drug-likeness (QED) is 0.752. The average Bonchev–Trinajstić information content (AvgIpc) is 2.54. The molecule has 0 heterocycles. The number of halogens is 1. The minimum absolute atomic E-state index is 0. The molecule has 2 aromatic rings. The summed E-state index contributed by atoms with van der Waals surface area (Å²) in [4.78, 5) is 12.1. The van der Waals surface area contributed by atoms with Crippen molar-refractivity contribution in [2.75, 3.05) is 5.32 Å². The first-order chi connectivity index (χ1) is 11.8. The van der Waals surface area contributed by atoms with Gasteiger partial charge in [0.2, 0.25) is 5.91 Å². The zero-order valence-corrected chi connectivity index (χ0v) is 16.5. The Kier molecular flexibility index (Phi) is 8.27. The van der Waals surface area contributed by atoms with Gasteiger partial charge in [0.1, 0.15) is 0 Å². The second kappa shape index (κ2) is 9.71. The van der Waals surface area contributed by atoms with Gasteiger partial charge in [-0.1, -0.05) is 49.4 Å². The van der Waals surface area contributed by atoms with Crippen LogP contribution in [0.4, 0.5) is 5.69 Å². The van der Waals surface area contributed by atoms with Crippen molar-refractivity contribution in [2.45, 2.75) is 31.4 Å². The molecule has 0 saturated heterocycles. The van der Waals surface area contributed by atoms with Gasteiger partial charge in [0.15, 0.2) is 9.84 Å². The molecule has 2 atom stereocenters. The minimum Gasteiger partial charge on any atom is -0.327 e. The molecule has 0 aliphatic rings. The van der Waals surface area contributed by atoms with Crippen LogP contribution in [0.2, 0.25) is 0 Å². The number of amides is 1. The van der Waals surface area contributed by atoms with Crippen LogP contribution in [0.3, 0.4) is 0 Å². The lowest BCUT2D eigenvalue weighted by molar-refractivity contribution is -0.119. The Morgan fingerprint density at radius 3 is 2.19 bits per heavy atom. The summed E-state index contributed by atoms with van der Waals surface area (Å²) in [7, 11) is -3.30. The largest absolute Gasteiger partial charge is 0.327 e. The van der Waals surface area contributed by atoms with Crippen LogP contribution in [0, 0.1) is 5.92 Å². The molecule has 0 radical (unpaired) electrons. The molecule has 2 aromatic carbocycles. The van der Waals surface area contributed by atoms with Crippen molar-refractivity contribution in [1.82, 2.24) is 0 Å². The number of nitrogens with one attached hydrogen (secondary N) is 1. The van der Waals surface area contributed by atoms with Gasteiger partial charge in [-0.05, 0) is 30.2 Å². The smallest absolute Gasteiger partial charge is 0.228 e. The van der Waals surface area contributed by atoms with Crippen LogP contribution in [0.5, 0.6) is 0 Å². The summed E-state index contributed by atoms with van der Waals surface area (Å²) in [6.07, 6.45) is 0. The minimum atomic E-state index is -3.30. The second-order valence-electron chi connectivity index (χ2n) is 6.36. The lowest BCUT2D eigenvalue weighted by Gasteiger charge is -2.15. The van der Waals surface area contributed by atoms with Gasteiger partial charge < -0.3 is 11.1 Å².